The smallest absolute Gasteiger partial charge is 0.382 e. The summed E-state index contributed by atoms with van der Waals surface area (Å²) in [6, 6.07) is 0. The van der Waals surface area contributed by atoms with E-state index in [0.717, 1.165) is 28.1 Å². The Morgan fingerprint density at radius 2 is 1.43 bits per heavy atom. The SMILES string of the molecule is N.N.Nc1nc2c(ncn2[C@@H]2O[C@@H]3COP(=O)(O)O[C@H]4[C@@H](F)[C@H](n5cnc6c(N)ncnc65)O[C@@H]4COP(=O)(O)O[C@@H]2[C@@H]3F)c(=O)[nH]1. The van der Waals surface area contributed by atoms with Crippen LogP contribution in [0.1, 0.15) is 12.5 Å². The minimum Gasteiger partial charge on any atom is -0.382 e. The lowest BCUT2D eigenvalue weighted by Crippen LogP contribution is -2.34. The predicted octanol–water partition coefficient (Wildman–Crippen LogP) is -0.0631. The molecule has 13 N–H and O–H groups in total. The van der Waals surface area contributed by atoms with Crippen LogP contribution in [0.3, 0.4) is 0 Å². The van der Waals surface area contributed by atoms with Crippen molar-refractivity contribution in [3.8, 4) is 0 Å². The van der Waals surface area contributed by atoms with Crippen molar-refractivity contribution in [1.29, 1.82) is 0 Å². The number of phosphoric acid groups is 2. The van der Waals surface area contributed by atoms with Gasteiger partial charge in [-0.15, -0.1) is 0 Å². The highest BCUT2D eigenvalue weighted by Gasteiger charge is 2.55. The molecule has 7 heterocycles. The van der Waals surface area contributed by atoms with E-state index in [2.05, 4.69) is 29.9 Å². The zero-order valence-electron chi connectivity index (χ0n) is 23.7. The Kier molecular flexibility index (Phi) is 9.21. The van der Waals surface area contributed by atoms with Gasteiger partial charge in [0.05, 0.1) is 25.9 Å². The summed E-state index contributed by atoms with van der Waals surface area (Å²) in [5.74, 6) is -0.342. The zero-order chi connectivity index (χ0) is 31.8. The number of rotatable bonds is 2. The molecular weight excluding hydrogens is 684 g/mol. The fourth-order valence-electron chi connectivity index (χ4n) is 5.23. The molecule has 258 valence electrons. The van der Waals surface area contributed by atoms with Crippen molar-refractivity contribution in [3.63, 3.8) is 0 Å². The molecule has 2 unspecified atom stereocenters. The molecule has 47 heavy (non-hydrogen) atoms. The number of phosphoric ester groups is 2. The molecule has 0 spiro atoms. The number of imidazole rings is 2. The minimum atomic E-state index is -5.23. The minimum absolute atomic E-state index is 0. The van der Waals surface area contributed by atoms with Crippen molar-refractivity contribution in [2.75, 3.05) is 24.7 Å². The molecule has 0 aliphatic carbocycles. The van der Waals surface area contributed by atoms with Crippen LogP contribution >= 0.6 is 15.6 Å². The van der Waals surface area contributed by atoms with Gasteiger partial charge in [0.1, 0.15) is 36.3 Å². The lowest BCUT2D eigenvalue weighted by molar-refractivity contribution is -0.0669. The van der Waals surface area contributed by atoms with Crippen LogP contribution in [0.15, 0.2) is 23.8 Å². The monoisotopic (exact) mass is 712 g/mol. The highest BCUT2D eigenvalue weighted by atomic mass is 31.2. The number of aromatic nitrogens is 8. The largest absolute Gasteiger partial charge is 0.472 e. The van der Waals surface area contributed by atoms with Gasteiger partial charge in [0.15, 0.2) is 47.4 Å². The summed E-state index contributed by atoms with van der Waals surface area (Å²) in [5.41, 5.74) is 10.4. The molecule has 10 atom stereocenters. The molecule has 7 rings (SSSR count). The summed E-state index contributed by atoms with van der Waals surface area (Å²) in [7, 11) is -10.4. The number of hydrogen-bond donors (Lipinski definition) is 7. The molecular formula is C20H28F2N12O11P2. The Balaban J connectivity index is 0.00000217. The standard InChI is InChI=1S/C20H22F2N10O11P2.2H3N/c21-8-6-1-38-44(34,35)42-12-7(41-18(9(12)22)31-4-27-10-14(23)25-3-26-15(10)31)2-39-45(36,37)43-13(8)19(40-6)32-5-28-11-16(32)29-20(24)30-17(11)33;;/h3-9,12-13,18-19H,1-2H2,(H,34,35)(H,36,37)(H2,23,25,26)(H3,24,29,30,33);2*1H3/t6-,7-,8-,9-,12-,13-,18-,19-;;/m1../s1. The van der Waals surface area contributed by atoms with Gasteiger partial charge < -0.3 is 43.0 Å². The second-order valence-corrected chi connectivity index (χ2v) is 12.9. The molecule has 0 radical (unpaired) electrons. The van der Waals surface area contributed by atoms with Gasteiger partial charge in [-0.05, 0) is 0 Å². The third-order valence-electron chi connectivity index (χ3n) is 7.23. The van der Waals surface area contributed by atoms with Crippen LogP contribution in [-0.2, 0) is 36.7 Å². The van der Waals surface area contributed by atoms with E-state index in [0.29, 0.717) is 0 Å². The molecule has 3 aliphatic rings. The van der Waals surface area contributed by atoms with E-state index >= 15 is 8.78 Å². The highest BCUT2D eigenvalue weighted by Crippen LogP contribution is 2.54. The molecule has 0 amide bonds. The third kappa shape index (κ3) is 6.12. The average Bonchev–Trinajstić information content (AvgIpc) is 3.72. The van der Waals surface area contributed by atoms with Crippen molar-refractivity contribution < 1.29 is 55.3 Å². The Morgan fingerprint density at radius 1 is 0.830 bits per heavy atom. The van der Waals surface area contributed by atoms with Crippen molar-refractivity contribution in [3.05, 3.63) is 29.3 Å². The zero-order valence-corrected chi connectivity index (χ0v) is 25.5. The van der Waals surface area contributed by atoms with Gasteiger partial charge in [0.25, 0.3) is 5.56 Å². The molecule has 4 aromatic rings. The first-order chi connectivity index (χ1) is 21.3. The van der Waals surface area contributed by atoms with Crippen LogP contribution < -0.4 is 29.3 Å². The van der Waals surface area contributed by atoms with Gasteiger partial charge in [-0.3, -0.25) is 37.0 Å². The van der Waals surface area contributed by atoms with Gasteiger partial charge in [0.2, 0.25) is 5.95 Å². The fourth-order valence-corrected chi connectivity index (χ4v) is 7.11. The summed E-state index contributed by atoms with van der Waals surface area (Å²) in [6.07, 6.45) is -11.8. The predicted molar refractivity (Wildman–Crippen MR) is 151 cm³/mol. The molecule has 23 nitrogen and oxygen atoms in total. The van der Waals surface area contributed by atoms with Crippen LogP contribution in [0.5, 0.6) is 0 Å². The van der Waals surface area contributed by atoms with Crippen molar-refractivity contribution in [2.24, 2.45) is 0 Å². The maximum absolute atomic E-state index is 15.9. The first-order valence-corrected chi connectivity index (χ1v) is 15.9. The summed E-state index contributed by atoms with van der Waals surface area (Å²) < 4.78 is 91.3. The molecule has 3 saturated heterocycles. The summed E-state index contributed by atoms with van der Waals surface area (Å²) in [5, 5.41) is 0. The Morgan fingerprint density at radius 3 is 2.13 bits per heavy atom. The second kappa shape index (κ2) is 12.5. The van der Waals surface area contributed by atoms with Gasteiger partial charge in [-0.2, -0.15) is 4.98 Å². The number of nitrogens with zero attached hydrogens (tertiary/aromatic N) is 7. The van der Waals surface area contributed by atoms with Gasteiger partial charge in [-0.1, -0.05) is 0 Å². The number of H-pyrrole nitrogens is 1. The van der Waals surface area contributed by atoms with E-state index in [1.54, 1.807) is 0 Å². The van der Waals surface area contributed by atoms with Crippen LogP contribution in [0.2, 0.25) is 0 Å². The van der Waals surface area contributed by atoms with E-state index in [4.69, 9.17) is 39.0 Å². The Bertz CT molecular complexity index is 1950. The van der Waals surface area contributed by atoms with Crippen molar-refractivity contribution in [2.45, 2.75) is 49.2 Å². The Labute approximate surface area is 259 Å². The van der Waals surface area contributed by atoms with Crippen LogP contribution in [0.4, 0.5) is 20.5 Å². The number of anilines is 2. The molecule has 2 bridgehead atoms. The summed E-state index contributed by atoms with van der Waals surface area (Å²) >= 11 is 0. The highest BCUT2D eigenvalue weighted by molar-refractivity contribution is 7.47. The maximum atomic E-state index is 15.9. The van der Waals surface area contributed by atoms with E-state index in [1.807, 2.05) is 0 Å². The summed E-state index contributed by atoms with van der Waals surface area (Å²) in [4.78, 5) is 55.2. The number of nitrogens with one attached hydrogen (secondary N) is 1. The number of aromatic amines is 1. The average molecular weight is 712 g/mol. The van der Waals surface area contributed by atoms with Gasteiger partial charge in [-0.25, -0.2) is 37.8 Å². The number of alkyl halides is 2. The first kappa shape index (κ1) is 34.7. The van der Waals surface area contributed by atoms with Crippen molar-refractivity contribution in [1.82, 2.24) is 51.3 Å². The van der Waals surface area contributed by atoms with Crippen molar-refractivity contribution >= 4 is 49.7 Å². The molecule has 0 aromatic carbocycles. The van der Waals surface area contributed by atoms with E-state index < -0.39 is 83.6 Å². The lowest BCUT2D eigenvalue weighted by atomic mass is 10.1. The first-order valence-electron chi connectivity index (χ1n) is 12.9. The maximum Gasteiger partial charge on any atom is 0.472 e. The van der Waals surface area contributed by atoms with Gasteiger partial charge >= 0.3 is 15.6 Å². The fraction of sp³-hybridized carbons (Fsp3) is 0.500. The topological polar surface area (TPSA) is 359 Å². The van der Waals surface area contributed by atoms with E-state index in [9.17, 15) is 23.7 Å². The number of hydrogen-bond acceptors (Lipinski definition) is 18. The van der Waals surface area contributed by atoms with Crippen LogP contribution in [0.25, 0.3) is 22.3 Å². The molecule has 3 fully saturated rings. The van der Waals surface area contributed by atoms with Gasteiger partial charge in [0, 0.05) is 0 Å². The van der Waals surface area contributed by atoms with Crippen LogP contribution in [-0.4, -0.2) is 98.8 Å². The quantitative estimate of drug-likeness (QED) is 0.134. The van der Waals surface area contributed by atoms with E-state index in [-0.39, 0.29) is 46.4 Å². The number of nitrogen functional groups attached to an aromatic ring is 2. The number of fused-ring (bicyclic) bond motifs is 5. The number of halogens is 2. The normalized spacial score (nSPS) is 36.1. The Hall–Kier alpha value is -3.58. The lowest BCUT2D eigenvalue weighted by Gasteiger charge is -2.25. The van der Waals surface area contributed by atoms with Crippen LogP contribution in [0, 0.1) is 0 Å². The van der Waals surface area contributed by atoms with E-state index in [1.165, 1.54) is 0 Å². The molecule has 4 aromatic heterocycles. The molecule has 0 saturated carbocycles. The molecule has 27 heteroatoms. The number of nitrogens with two attached hydrogens (primary N) is 2. The second-order valence-electron chi connectivity index (χ2n) is 10.0. The molecule has 3 aliphatic heterocycles. The summed E-state index contributed by atoms with van der Waals surface area (Å²) in [6.45, 7) is -1.94. The third-order valence-corrected chi connectivity index (χ3v) is 9.20. The number of ether oxygens (including phenoxy) is 2.